The van der Waals surface area contributed by atoms with Gasteiger partial charge in [-0.05, 0) is 62.2 Å². The van der Waals surface area contributed by atoms with Gasteiger partial charge in [0.05, 0.1) is 0 Å². The second-order valence-corrected chi connectivity index (χ2v) is 7.97. The largest absolute Gasteiger partial charge is 0.329 e. The van der Waals surface area contributed by atoms with Gasteiger partial charge in [0, 0.05) is 28.4 Å². The number of nitrogens with zero attached hydrogens (tertiary/aromatic N) is 1. The highest BCUT2D eigenvalue weighted by molar-refractivity contribution is 9.10. The molecule has 0 bridgehead atoms. The summed E-state index contributed by atoms with van der Waals surface area (Å²) in [6, 6.07) is 7.31. The number of hydrogen-bond acceptors (Lipinski definition) is 3. The second-order valence-electron chi connectivity index (χ2n) is 6.15. The van der Waals surface area contributed by atoms with Crippen molar-refractivity contribution in [1.29, 1.82) is 0 Å². The molecule has 2 rings (SSSR count). The third-order valence-corrected chi connectivity index (χ3v) is 6.27. The maximum Gasteiger partial charge on any atom is 0.0375 e. The summed E-state index contributed by atoms with van der Waals surface area (Å²) < 4.78 is 1.18. The van der Waals surface area contributed by atoms with E-state index in [2.05, 4.69) is 59.3 Å². The topological polar surface area (TPSA) is 29.3 Å². The maximum absolute atomic E-state index is 6.26. The molecule has 1 aromatic rings. The van der Waals surface area contributed by atoms with Gasteiger partial charge in [-0.3, -0.25) is 4.90 Å². The predicted octanol–water partition coefficient (Wildman–Crippen LogP) is 3.71. The van der Waals surface area contributed by atoms with E-state index in [1.54, 1.807) is 0 Å². The summed E-state index contributed by atoms with van der Waals surface area (Å²) >= 11 is 5.52. The molecular formula is C17H27BrN2S. The molecule has 0 spiro atoms. The highest BCUT2D eigenvalue weighted by Gasteiger charge is 2.39. The number of likely N-dealkylation sites (N-methyl/N-ethyl adjacent to an activating group) is 1. The Bertz CT molecular complexity index is 480. The van der Waals surface area contributed by atoms with E-state index < -0.39 is 0 Å². The molecule has 0 heterocycles. The van der Waals surface area contributed by atoms with Crippen molar-refractivity contribution in [2.45, 2.75) is 44.2 Å². The molecule has 0 saturated heterocycles. The minimum Gasteiger partial charge on any atom is -0.329 e. The maximum atomic E-state index is 6.26. The van der Waals surface area contributed by atoms with Crippen LogP contribution in [0.25, 0.3) is 0 Å². The first kappa shape index (κ1) is 17.3. The highest BCUT2D eigenvalue weighted by atomic mass is 79.9. The molecule has 2 N–H and O–H groups in total. The molecule has 0 radical (unpaired) electrons. The Morgan fingerprint density at radius 1 is 1.43 bits per heavy atom. The first-order valence-electron chi connectivity index (χ1n) is 7.75. The molecule has 2 atom stereocenters. The summed E-state index contributed by atoms with van der Waals surface area (Å²) in [7, 11) is 2.28. The summed E-state index contributed by atoms with van der Waals surface area (Å²) in [4.78, 5) is 2.58. The summed E-state index contributed by atoms with van der Waals surface area (Å²) in [6.45, 7) is 3.03. The number of fused-ring (bicyclic) bond motifs is 1. The van der Waals surface area contributed by atoms with Gasteiger partial charge in [0.15, 0.2) is 0 Å². The fraction of sp³-hybridized carbons (Fsp3) is 0.647. The molecule has 0 saturated carbocycles. The van der Waals surface area contributed by atoms with Gasteiger partial charge < -0.3 is 5.73 Å². The summed E-state index contributed by atoms with van der Waals surface area (Å²) in [5, 5.41) is 0. The number of benzene rings is 1. The van der Waals surface area contributed by atoms with Gasteiger partial charge in [0.2, 0.25) is 0 Å². The minimum atomic E-state index is 0.122. The van der Waals surface area contributed by atoms with Crippen molar-refractivity contribution < 1.29 is 0 Å². The molecule has 118 valence electrons. The van der Waals surface area contributed by atoms with Gasteiger partial charge in [0.1, 0.15) is 0 Å². The lowest BCUT2D eigenvalue weighted by Gasteiger charge is -2.48. The normalized spacial score (nSPS) is 23.1. The Morgan fingerprint density at radius 3 is 2.81 bits per heavy atom. The van der Waals surface area contributed by atoms with Gasteiger partial charge in [-0.1, -0.05) is 28.9 Å². The first-order chi connectivity index (χ1) is 10.1. The summed E-state index contributed by atoms with van der Waals surface area (Å²) in [6.07, 6.45) is 6.75. The number of aryl methyl sites for hydroxylation is 1. The monoisotopic (exact) mass is 370 g/mol. The number of thioether (sulfide) groups is 1. The van der Waals surface area contributed by atoms with Crippen LogP contribution in [0, 0.1) is 0 Å². The molecule has 0 fully saturated rings. The molecule has 2 nitrogen and oxygen atoms in total. The van der Waals surface area contributed by atoms with Crippen molar-refractivity contribution in [2.75, 3.05) is 25.6 Å². The van der Waals surface area contributed by atoms with E-state index in [4.69, 9.17) is 5.73 Å². The van der Waals surface area contributed by atoms with E-state index in [1.165, 1.54) is 27.8 Å². The average Bonchev–Trinajstić information content (AvgIpc) is 2.51. The van der Waals surface area contributed by atoms with Gasteiger partial charge in [-0.2, -0.15) is 11.8 Å². The smallest absolute Gasteiger partial charge is 0.0375 e. The predicted molar refractivity (Wildman–Crippen MR) is 98.2 cm³/mol. The van der Waals surface area contributed by atoms with Crippen LogP contribution < -0.4 is 5.73 Å². The molecule has 1 aliphatic carbocycles. The van der Waals surface area contributed by atoms with Crippen LogP contribution in [0.15, 0.2) is 22.7 Å². The first-order valence-corrected chi connectivity index (χ1v) is 9.94. The van der Waals surface area contributed by atoms with Crippen LogP contribution in [-0.2, 0) is 12.8 Å². The second kappa shape index (κ2) is 7.49. The van der Waals surface area contributed by atoms with E-state index in [0.717, 1.165) is 25.8 Å². The van der Waals surface area contributed by atoms with Crippen LogP contribution in [0.1, 0.15) is 30.9 Å². The van der Waals surface area contributed by atoms with Crippen LogP contribution in [0.5, 0.6) is 0 Å². The Hall–Kier alpha value is -0.0300. The lowest BCUT2D eigenvalue weighted by Crippen LogP contribution is -2.59. The molecule has 4 heteroatoms. The van der Waals surface area contributed by atoms with E-state index in [0.29, 0.717) is 6.04 Å². The van der Waals surface area contributed by atoms with E-state index in [-0.39, 0.29) is 5.54 Å². The summed E-state index contributed by atoms with van der Waals surface area (Å²) in [5.74, 6) is 1.18. The third kappa shape index (κ3) is 3.66. The van der Waals surface area contributed by atoms with E-state index >= 15 is 0 Å². The lowest BCUT2D eigenvalue weighted by atomic mass is 9.76. The molecule has 2 unspecified atom stereocenters. The standard InChI is InChI=1S/C17H27BrN2S/c1-4-16(11-21-3)20(2)17(12-19)8-7-13-9-15(18)6-5-14(13)10-17/h5-6,9,16H,4,7-8,10-12,19H2,1-3H3. The number of hydrogen-bond donors (Lipinski definition) is 1. The average molecular weight is 371 g/mol. The molecular weight excluding hydrogens is 344 g/mol. The van der Waals surface area contributed by atoms with E-state index in [1.807, 2.05) is 11.8 Å². The molecule has 0 amide bonds. The minimum absolute atomic E-state index is 0.122. The van der Waals surface area contributed by atoms with Gasteiger partial charge in [0.25, 0.3) is 0 Å². The van der Waals surface area contributed by atoms with Crippen molar-refractivity contribution in [2.24, 2.45) is 5.73 Å². The van der Waals surface area contributed by atoms with Crippen LogP contribution in [-0.4, -0.2) is 42.1 Å². The zero-order valence-electron chi connectivity index (χ0n) is 13.4. The van der Waals surface area contributed by atoms with Crippen LogP contribution in [0.2, 0.25) is 0 Å². The molecule has 1 aromatic carbocycles. The van der Waals surface area contributed by atoms with Gasteiger partial charge in [-0.25, -0.2) is 0 Å². The SMILES string of the molecule is CCC(CSC)N(C)C1(CN)CCc2cc(Br)ccc2C1. The van der Waals surface area contributed by atoms with Crippen LogP contribution in [0.4, 0.5) is 0 Å². The Balaban J connectivity index is 2.25. The molecule has 0 aliphatic heterocycles. The lowest BCUT2D eigenvalue weighted by molar-refractivity contribution is 0.0709. The van der Waals surface area contributed by atoms with Crippen LogP contribution >= 0.6 is 27.7 Å². The van der Waals surface area contributed by atoms with Crippen LogP contribution in [0.3, 0.4) is 0 Å². The van der Waals surface area contributed by atoms with Crippen molar-refractivity contribution in [3.8, 4) is 0 Å². The zero-order chi connectivity index (χ0) is 15.5. The molecule has 21 heavy (non-hydrogen) atoms. The highest BCUT2D eigenvalue weighted by Crippen LogP contribution is 2.35. The van der Waals surface area contributed by atoms with Gasteiger partial charge in [-0.15, -0.1) is 0 Å². The summed E-state index contributed by atoms with van der Waals surface area (Å²) in [5.41, 5.74) is 9.34. The number of nitrogens with two attached hydrogens (primary N) is 1. The Labute approximate surface area is 142 Å². The Kier molecular flexibility index (Phi) is 6.18. The van der Waals surface area contributed by atoms with E-state index in [9.17, 15) is 0 Å². The third-order valence-electron chi connectivity index (χ3n) is 5.05. The fourth-order valence-corrected chi connectivity index (χ4v) is 4.76. The molecule has 0 aromatic heterocycles. The zero-order valence-corrected chi connectivity index (χ0v) is 15.8. The molecule has 1 aliphatic rings. The van der Waals surface area contributed by atoms with Gasteiger partial charge >= 0.3 is 0 Å². The quantitative estimate of drug-likeness (QED) is 0.827. The van der Waals surface area contributed by atoms with Crippen molar-refractivity contribution in [3.63, 3.8) is 0 Å². The van der Waals surface area contributed by atoms with Crippen molar-refractivity contribution >= 4 is 27.7 Å². The fourth-order valence-electron chi connectivity index (χ4n) is 3.51. The van der Waals surface area contributed by atoms with Crippen molar-refractivity contribution in [1.82, 2.24) is 4.90 Å². The van der Waals surface area contributed by atoms with Crippen molar-refractivity contribution in [3.05, 3.63) is 33.8 Å². The Morgan fingerprint density at radius 2 is 2.19 bits per heavy atom. The number of halogens is 1. The number of rotatable bonds is 6.